The smallest absolute Gasteiger partial charge is 0.306 e. The molecule has 0 heterocycles. The van der Waals surface area contributed by atoms with Crippen LogP contribution in [0.2, 0.25) is 0 Å². The zero-order valence-electron chi connectivity index (χ0n) is 12.2. The Labute approximate surface area is 125 Å². The SMILES string of the molecule is O=C(O)CC1CCCC1COC(=O)CCc1ccccc1. The molecule has 0 bridgehead atoms. The number of hydrogen-bond donors (Lipinski definition) is 1. The summed E-state index contributed by atoms with van der Waals surface area (Å²) in [5.41, 5.74) is 1.12. The highest BCUT2D eigenvalue weighted by molar-refractivity contribution is 5.69. The number of carbonyl (C=O) groups is 2. The number of carbonyl (C=O) groups excluding carboxylic acids is 1. The Morgan fingerprint density at radius 3 is 2.57 bits per heavy atom. The molecule has 2 rings (SSSR count). The summed E-state index contributed by atoms with van der Waals surface area (Å²) in [6.07, 6.45) is 4.17. The summed E-state index contributed by atoms with van der Waals surface area (Å²) in [6, 6.07) is 9.84. The summed E-state index contributed by atoms with van der Waals surface area (Å²) in [5, 5.41) is 8.87. The molecule has 2 atom stereocenters. The van der Waals surface area contributed by atoms with Crippen LogP contribution in [0.4, 0.5) is 0 Å². The van der Waals surface area contributed by atoms with Gasteiger partial charge in [0.05, 0.1) is 6.61 Å². The predicted molar refractivity (Wildman–Crippen MR) is 78.8 cm³/mol. The fourth-order valence-electron chi connectivity index (χ4n) is 2.99. The number of aliphatic carboxylic acids is 1. The Bertz CT molecular complexity index is 469. The molecular weight excluding hydrogens is 268 g/mol. The number of carboxylic acids is 1. The van der Waals surface area contributed by atoms with Crippen LogP contribution in [0.3, 0.4) is 0 Å². The Morgan fingerprint density at radius 1 is 1.14 bits per heavy atom. The van der Waals surface area contributed by atoms with Crippen LogP contribution in [-0.2, 0) is 20.7 Å². The highest BCUT2D eigenvalue weighted by atomic mass is 16.5. The van der Waals surface area contributed by atoms with E-state index in [1.807, 2.05) is 30.3 Å². The van der Waals surface area contributed by atoms with Gasteiger partial charge in [0.15, 0.2) is 0 Å². The van der Waals surface area contributed by atoms with E-state index in [4.69, 9.17) is 9.84 Å². The first-order chi connectivity index (χ1) is 10.1. The molecule has 0 amide bonds. The topological polar surface area (TPSA) is 63.6 Å². The molecule has 1 saturated carbocycles. The number of benzene rings is 1. The van der Waals surface area contributed by atoms with E-state index in [0.29, 0.717) is 19.4 Å². The summed E-state index contributed by atoms with van der Waals surface area (Å²) in [5.74, 6) is -0.590. The van der Waals surface area contributed by atoms with Crippen LogP contribution in [0.25, 0.3) is 0 Å². The molecular formula is C17H22O4. The fraction of sp³-hybridized carbons (Fsp3) is 0.529. The van der Waals surface area contributed by atoms with Crippen molar-refractivity contribution >= 4 is 11.9 Å². The van der Waals surface area contributed by atoms with Crippen LogP contribution in [0.1, 0.15) is 37.7 Å². The van der Waals surface area contributed by atoms with Gasteiger partial charge in [-0.05, 0) is 36.7 Å². The molecule has 0 aromatic heterocycles. The molecule has 0 spiro atoms. The minimum Gasteiger partial charge on any atom is -0.481 e. The first-order valence-electron chi connectivity index (χ1n) is 7.56. The first-order valence-corrected chi connectivity index (χ1v) is 7.56. The number of aryl methyl sites for hydroxylation is 1. The van der Waals surface area contributed by atoms with Gasteiger partial charge in [-0.3, -0.25) is 9.59 Å². The van der Waals surface area contributed by atoms with E-state index >= 15 is 0 Å². The molecule has 1 aliphatic rings. The maximum atomic E-state index is 11.8. The Balaban J connectivity index is 1.70. The third kappa shape index (κ3) is 5.21. The van der Waals surface area contributed by atoms with Gasteiger partial charge in [-0.25, -0.2) is 0 Å². The maximum absolute atomic E-state index is 11.8. The van der Waals surface area contributed by atoms with Gasteiger partial charge in [0.1, 0.15) is 0 Å². The van der Waals surface area contributed by atoms with Crippen molar-refractivity contribution in [3.63, 3.8) is 0 Å². The molecule has 1 fully saturated rings. The van der Waals surface area contributed by atoms with Gasteiger partial charge in [0, 0.05) is 12.8 Å². The van der Waals surface area contributed by atoms with E-state index in [-0.39, 0.29) is 24.2 Å². The zero-order valence-corrected chi connectivity index (χ0v) is 12.2. The maximum Gasteiger partial charge on any atom is 0.306 e. The molecule has 1 aromatic carbocycles. The molecule has 114 valence electrons. The summed E-state index contributed by atoms with van der Waals surface area (Å²) < 4.78 is 5.33. The van der Waals surface area contributed by atoms with Crippen LogP contribution < -0.4 is 0 Å². The number of ether oxygens (including phenoxy) is 1. The van der Waals surface area contributed by atoms with Gasteiger partial charge < -0.3 is 9.84 Å². The second-order valence-electron chi connectivity index (χ2n) is 5.72. The van der Waals surface area contributed by atoms with Gasteiger partial charge in [-0.2, -0.15) is 0 Å². The van der Waals surface area contributed by atoms with Crippen LogP contribution in [0.15, 0.2) is 30.3 Å². The quantitative estimate of drug-likeness (QED) is 0.784. The third-order valence-corrected chi connectivity index (χ3v) is 4.17. The molecule has 0 saturated heterocycles. The number of hydrogen-bond acceptors (Lipinski definition) is 3. The summed E-state index contributed by atoms with van der Waals surface area (Å²) in [4.78, 5) is 22.6. The molecule has 4 nitrogen and oxygen atoms in total. The number of esters is 1. The van der Waals surface area contributed by atoms with E-state index in [1.165, 1.54) is 0 Å². The van der Waals surface area contributed by atoms with Crippen molar-refractivity contribution in [1.29, 1.82) is 0 Å². The van der Waals surface area contributed by atoms with E-state index in [2.05, 4.69) is 0 Å². The second kappa shape index (κ2) is 7.81. The summed E-state index contributed by atoms with van der Waals surface area (Å²) in [6.45, 7) is 0.367. The lowest BCUT2D eigenvalue weighted by Crippen LogP contribution is -2.20. The van der Waals surface area contributed by atoms with Crippen LogP contribution in [0, 0.1) is 11.8 Å². The molecule has 21 heavy (non-hydrogen) atoms. The minimum absolute atomic E-state index is 0.157. The Kier molecular flexibility index (Phi) is 5.78. The summed E-state index contributed by atoms with van der Waals surface area (Å²) >= 11 is 0. The Morgan fingerprint density at radius 2 is 1.86 bits per heavy atom. The lowest BCUT2D eigenvalue weighted by Gasteiger charge is -2.17. The zero-order chi connectivity index (χ0) is 15.1. The number of carboxylic acid groups (broad SMARTS) is 1. The second-order valence-corrected chi connectivity index (χ2v) is 5.72. The molecule has 2 unspecified atom stereocenters. The summed E-state index contributed by atoms with van der Waals surface area (Å²) in [7, 11) is 0. The number of rotatable bonds is 7. The molecule has 1 aliphatic carbocycles. The van der Waals surface area contributed by atoms with Gasteiger partial charge in [0.2, 0.25) is 0 Å². The predicted octanol–water partition coefficient (Wildman–Crippen LogP) is 3.05. The molecule has 4 heteroatoms. The molecule has 1 aromatic rings. The van der Waals surface area contributed by atoms with Gasteiger partial charge in [-0.15, -0.1) is 0 Å². The highest BCUT2D eigenvalue weighted by Gasteiger charge is 2.29. The van der Waals surface area contributed by atoms with Crippen molar-refractivity contribution in [2.24, 2.45) is 11.8 Å². The fourth-order valence-corrected chi connectivity index (χ4v) is 2.99. The lowest BCUT2D eigenvalue weighted by molar-refractivity contribution is -0.145. The van der Waals surface area contributed by atoms with E-state index < -0.39 is 5.97 Å². The highest BCUT2D eigenvalue weighted by Crippen LogP contribution is 2.34. The minimum atomic E-state index is -0.762. The van der Waals surface area contributed by atoms with Gasteiger partial charge in [-0.1, -0.05) is 36.8 Å². The normalized spacial score (nSPS) is 21.1. The van der Waals surface area contributed by atoms with Gasteiger partial charge >= 0.3 is 11.9 Å². The van der Waals surface area contributed by atoms with Crippen LogP contribution in [0.5, 0.6) is 0 Å². The third-order valence-electron chi connectivity index (χ3n) is 4.17. The average Bonchev–Trinajstić information content (AvgIpc) is 2.90. The van der Waals surface area contributed by atoms with E-state index in [9.17, 15) is 9.59 Å². The first kappa shape index (κ1) is 15.5. The standard InChI is InChI=1S/C17H22O4/c18-16(19)11-14-7-4-8-15(14)12-21-17(20)10-9-13-5-2-1-3-6-13/h1-3,5-6,14-15H,4,7-12H2,(H,18,19). The molecule has 1 N–H and O–H groups in total. The van der Waals surface area contributed by atoms with Crippen LogP contribution >= 0.6 is 0 Å². The molecule has 0 aliphatic heterocycles. The van der Waals surface area contributed by atoms with Crippen LogP contribution in [-0.4, -0.2) is 23.7 Å². The van der Waals surface area contributed by atoms with Gasteiger partial charge in [0.25, 0.3) is 0 Å². The van der Waals surface area contributed by atoms with Crippen molar-refractivity contribution in [3.8, 4) is 0 Å². The Hall–Kier alpha value is -1.84. The average molecular weight is 290 g/mol. The van der Waals surface area contributed by atoms with Crippen molar-refractivity contribution in [2.45, 2.75) is 38.5 Å². The van der Waals surface area contributed by atoms with E-state index in [0.717, 1.165) is 24.8 Å². The largest absolute Gasteiger partial charge is 0.481 e. The van der Waals surface area contributed by atoms with Crippen molar-refractivity contribution in [3.05, 3.63) is 35.9 Å². The van der Waals surface area contributed by atoms with Crippen molar-refractivity contribution < 1.29 is 19.4 Å². The lowest BCUT2D eigenvalue weighted by atomic mass is 9.94. The molecule has 0 radical (unpaired) electrons. The monoisotopic (exact) mass is 290 g/mol. The van der Waals surface area contributed by atoms with Crippen molar-refractivity contribution in [2.75, 3.05) is 6.61 Å². The van der Waals surface area contributed by atoms with Crippen molar-refractivity contribution in [1.82, 2.24) is 0 Å². The van der Waals surface area contributed by atoms with E-state index in [1.54, 1.807) is 0 Å².